The van der Waals surface area contributed by atoms with Gasteiger partial charge in [0.15, 0.2) is 5.65 Å². The Labute approximate surface area is 421 Å². The summed E-state index contributed by atoms with van der Waals surface area (Å²) in [6.07, 6.45) is 17.0. The molecule has 3 fully saturated rings. The molecule has 4 N–H and O–H groups in total. The predicted molar refractivity (Wildman–Crippen MR) is 276 cm³/mol. The molecule has 3 saturated heterocycles. The monoisotopic (exact) mass is 980 g/mol. The number of amides is 5. The van der Waals surface area contributed by atoms with E-state index in [1.807, 2.05) is 64.2 Å². The van der Waals surface area contributed by atoms with Crippen LogP contribution in [0.3, 0.4) is 0 Å². The zero-order chi connectivity index (χ0) is 49.8. The summed E-state index contributed by atoms with van der Waals surface area (Å²) in [4.78, 5) is 81.1. The number of piperazine rings is 1. The highest BCUT2D eigenvalue weighted by atomic mass is 16.5. The van der Waals surface area contributed by atoms with Gasteiger partial charge in [-0.3, -0.25) is 34.2 Å². The molecule has 0 radical (unpaired) electrons. The summed E-state index contributed by atoms with van der Waals surface area (Å²) < 4.78 is 7.97. The van der Waals surface area contributed by atoms with Gasteiger partial charge in [0.2, 0.25) is 17.7 Å². The van der Waals surface area contributed by atoms with Crippen molar-refractivity contribution in [3.63, 3.8) is 0 Å². The number of nitrogen functional groups attached to an aromatic ring is 1. The first-order chi connectivity index (χ1) is 35.2. The fraction of sp³-hybridized carbons (Fsp3) is 0.491. The molecule has 0 saturated carbocycles. The number of fused-ring (bicyclic) bond motifs is 2. The topological polar surface area (TPSA) is 201 Å². The number of ether oxygens (including phenoxy) is 1. The van der Waals surface area contributed by atoms with Crippen LogP contribution < -0.4 is 21.1 Å². The number of nitrogens with zero attached hydrogens (tertiary/aromatic N) is 8. The first-order valence-electron chi connectivity index (χ1n) is 26.3. The summed E-state index contributed by atoms with van der Waals surface area (Å²) in [6, 6.07) is 21.7. The van der Waals surface area contributed by atoms with Crippen LogP contribution in [0.4, 0.5) is 11.5 Å². The molecule has 380 valence electrons. The highest BCUT2D eigenvalue weighted by Crippen LogP contribution is 2.36. The van der Waals surface area contributed by atoms with Crippen molar-refractivity contribution in [2.75, 3.05) is 70.0 Å². The van der Waals surface area contributed by atoms with E-state index in [0.717, 1.165) is 111 Å². The molecule has 5 aromatic rings. The number of unbranched alkanes of at least 4 members (excludes halogenated alkanes) is 9. The molecule has 3 aromatic carbocycles. The SMILES string of the molecule is Nc1ncnc2c1c(-c1ccc(Oc3ccccc3)cc1)nn2C1CCCN(C(=O)CCCN2CCN(CCCCCCCCCCCCNc3cccc4c3C(=O)N(C3CCC(=O)NC3=O)C4=O)CC2)C1. The number of carbonyl (C=O) groups excluding carboxylic acids is 5. The number of benzene rings is 3. The number of likely N-dealkylation sites (tertiary alicyclic amines) is 1. The Morgan fingerprint density at radius 3 is 2.12 bits per heavy atom. The Balaban J connectivity index is 0.606. The lowest BCUT2D eigenvalue weighted by Crippen LogP contribution is -2.54. The third-order valence-corrected chi connectivity index (χ3v) is 14.7. The van der Waals surface area contributed by atoms with E-state index in [2.05, 4.69) is 30.4 Å². The number of aromatic nitrogens is 4. The average Bonchev–Trinajstić information content (AvgIpc) is 3.91. The molecule has 5 amide bonds. The summed E-state index contributed by atoms with van der Waals surface area (Å²) in [5.41, 5.74) is 9.96. The van der Waals surface area contributed by atoms with Gasteiger partial charge < -0.3 is 30.5 Å². The third-order valence-electron chi connectivity index (χ3n) is 14.7. The maximum Gasteiger partial charge on any atom is 0.264 e. The zero-order valence-corrected chi connectivity index (χ0v) is 41.4. The molecule has 9 rings (SSSR count). The van der Waals surface area contributed by atoms with E-state index in [-0.39, 0.29) is 30.7 Å². The number of para-hydroxylation sites is 1. The molecule has 72 heavy (non-hydrogen) atoms. The summed E-state index contributed by atoms with van der Waals surface area (Å²) >= 11 is 0. The van der Waals surface area contributed by atoms with E-state index in [9.17, 15) is 24.0 Å². The molecule has 6 heterocycles. The van der Waals surface area contributed by atoms with Crippen molar-refractivity contribution in [1.82, 2.24) is 44.7 Å². The Bertz CT molecular complexity index is 2690. The van der Waals surface area contributed by atoms with Gasteiger partial charge in [0.25, 0.3) is 11.8 Å². The number of anilines is 2. The maximum atomic E-state index is 13.6. The first kappa shape index (κ1) is 50.2. The van der Waals surface area contributed by atoms with Crippen LogP contribution in [0.1, 0.15) is 129 Å². The zero-order valence-electron chi connectivity index (χ0n) is 41.4. The number of rotatable bonds is 23. The lowest BCUT2D eigenvalue weighted by Gasteiger charge is -2.35. The molecule has 2 atom stereocenters. The molecule has 4 aliphatic rings. The molecular formula is C55H69N11O6. The number of hydrogen-bond donors (Lipinski definition) is 3. The van der Waals surface area contributed by atoms with E-state index in [0.29, 0.717) is 47.8 Å². The van der Waals surface area contributed by atoms with E-state index < -0.39 is 23.8 Å². The summed E-state index contributed by atoms with van der Waals surface area (Å²) in [6.45, 7) is 8.44. The minimum absolute atomic E-state index is 0.0135. The van der Waals surface area contributed by atoms with Crippen molar-refractivity contribution in [3.05, 3.63) is 90.3 Å². The van der Waals surface area contributed by atoms with Crippen LogP contribution in [0.15, 0.2) is 79.1 Å². The van der Waals surface area contributed by atoms with E-state index >= 15 is 0 Å². The second kappa shape index (κ2) is 24.1. The van der Waals surface area contributed by atoms with Gasteiger partial charge in [0, 0.05) is 69.9 Å². The van der Waals surface area contributed by atoms with Gasteiger partial charge in [-0.25, -0.2) is 14.6 Å². The van der Waals surface area contributed by atoms with Crippen LogP contribution in [-0.4, -0.2) is 134 Å². The lowest BCUT2D eigenvalue weighted by atomic mass is 10.0. The molecule has 4 aliphatic heterocycles. The van der Waals surface area contributed by atoms with E-state index in [4.69, 9.17) is 15.6 Å². The van der Waals surface area contributed by atoms with Crippen LogP contribution >= 0.6 is 0 Å². The van der Waals surface area contributed by atoms with Crippen molar-refractivity contribution < 1.29 is 28.7 Å². The Hall–Kier alpha value is -6.72. The van der Waals surface area contributed by atoms with Crippen LogP contribution in [-0.2, 0) is 14.4 Å². The number of nitrogens with two attached hydrogens (primary N) is 1. The van der Waals surface area contributed by atoms with E-state index in [1.165, 1.54) is 57.7 Å². The number of hydrogen-bond acceptors (Lipinski definition) is 13. The second-order valence-electron chi connectivity index (χ2n) is 19.8. The molecule has 0 bridgehead atoms. The third kappa shape index (κ3) is 12.1. The van der Waals surface area contributed by atoms with Crippen molar-refractivity contribution >= 4 is 52.1 Å². The van der Waals surface area contributed by atoms with Crippen LogP contribution in [0.5, 0.6) is 11.5 Å². The van der Waals surface area contributed by atoms with Crippen molar-refractivity contribution in [2.45, 2.75) is 115 Å². The molecule has 17 heteroatoms. The van der Waals surface area contributed by atoms with Gasteiger partial charge in [0.05, 0.1) is 22.6 Å². The molecular weight excluding hydrogens is 911 g/mol. The highest BCUT2D eigenvalue weighted by Gasteiger charge is 2.45. The van der Waals surface area contributed by atoms with Gasteiger partial charge >= 0.3 is 0 Å². The Morgan fingerprint density at radius 2 is 1.40 bits per heavy atom. The quantitative estimate of drug-likeness (QED) is 0.0423. The Kier molecular flexibility index (Phi) is 16.8. The van der Waals surface area contributed by atoms with Crippen molar-refractivity contribution in [2.24, 2.45) is 0 Å². The largest absolute Gasteiger partial charge is 0.457 e. The minimum atomic E-state index is -0.966. The van der Waals surface area contributed by atoms with Gasteiger partial charge in [-0.2, -0.15) is 5.10 Å². The van der Waals surface area contributed by atoms with Crippen LogP contribution in [0.25, 0.3) is 22.3 Å². The fourth-order valence-corrected chi connectivity index (χ4v) is 10.7. The summed E-state index contributed by atoms with van der Waals surface area (Å²) in [5, 5.41) is 11.4. The normalized spacial score (nSPS) is 18.7. The molecule has 0 spiro atoms. The average molecular weight is 980 g/mol. The van der Waals surface area contributed by atoms with Gasteiger partial charge in [0.1, 0.15) is 35.4 Å². The van der Waals surface area contributed by atoms with Crippen molar-refractivity contribution in [1.29, 1.82) is 0 Å². The Morgan fingerprint density at radius 1 is 0.722 bits per heavy atom. The fourth-order valence-electron chi connectivity index (χ4n) is 10.7. The summed E-state index contributed by atoms with van der Waals surface area (Å²) in [7, 11) is 0. The van der Waals surface area contributed by atoms with Crippen LogP contribution in [0.2, 0.25) is 0 Å². The molecule has 2 unspecified atom stereocenters. The van der Waals surface area contributed by atoms with Gasteiger partial charge in [-0.05, 0) is 100 Å². The highest BCUT2D eigenvalue weighted by molar-refractivity contribution is 6.25. The van der Waals surface area contributed by atoms with Gasteiger partial charge in [-0.1, -0.05) is 75.6 Å². The molecule has 0 aliphatic carbocycles. The van der Waals surface area contributed by atoms with Crippen LogP contribution in [0, 0.1) is 0 Å². The molecule has 17 nitrogen and oxygen atoms in total. The van der Waals surface area contributed by atoms with E-state index in [1.54, 1.807) is 18.2 Å². The second-order valence-corrected chi connectivity index (χ2v) is 19.8. The number of imide groups is 2. The van der Waals surface area contributed by atoms with Crippen molar-refractivity contribution in [3.8, 4) is 22.8 Å². The maximum absolute atomic E-state index is 13.6. The van der Waals surface area contributed by atoms with Gasteiger partial charge in [-0.15, -0.1) is 0 Å². The standard InChI is InChI=1S/C55H69N11O6/c56-51-49-50(39-23-25-42(26-24-39)72-41-18-10-9-11-19-41)61-66(52(49)59-38-58-51)40-17-15-32-64(37-40)47(68)22-16-31-63-35-33-62(34-36-63)30-13-8-6-4-2-1-3-5-7-12-29-57-44-21-14-20-43-48(44)55(71)65(54(43)70)45-27-28-46(67)60-53(45)69/h9-11,14,18-21,23-26,38,40,45,57H,1-8,12-13,15-17,22,27-37H2,(H2,56,58,59)(H,60,67,69). The summed E-state index contributed by atoms with van der Waals surface area (Å²) in [5.74, 6) is 0.129. The molecule has 2 aromatic heterocycles. The minimum Gasteiger partial charge on any atom is -0.457 e. The predicted octanol–water partition coefficient (Wildman–Crippen LogP) is 7.84. The number of nitrogens with one attached hydrogen (secondary N) is 2. The number of piperidine rings is 2. The first-order valence-corrected chi connectivity index (χ1v) is 26.3. The smallest absolute Gasteiger partial charge is 0.264 e. The lowest BCUT2D eigenvalue weighted by molar-refractivity contribution is -0.136. The number of carbonyl (C=O) groups is 5.